The molecule has 2 aromatic rings. The van der Waals surface area contributed by atoms with E-state index >= 15 is 0 Å². The topological polar surface area (TPSA) is 86.8 Å². The number of carbonyl (C=O) groups is 2. The molecular weight excluding hydrogens is 450 g/mol. The van der Waals surface area contributed by atoms with Crippen molar-refractivity contribution < 1.29 is 18.0 Å². The first kappa shape index (κ1) is 27.4. The fourth-order valence-corrected chi connectivity index (χ4v) is 4.49. The lowest BCUT2D eigenvalue weighted by Gasteiger charge is -2.29. The molecule has 0 aromatic heterocycles. The molecule has 0 aliphatic rings. The number of benzene rings is 2. The van der Waals surface area contributed by atoms with Crippen molar-refractivity contribution in [1.82, 2.24) is 10.2 Å². The summed E-state index contributed by atoms with van der Waals surface area (Å²) in [6.07, 6.45) is 1.63. The molecule has 0 aliphatic carbocycles. The molecule has 0 radical (unpaired) electrons. The van der Waals surface area contributed by atoms with Crippen molar-refractivity contribution in [3.05, 3.63) is 65.7 Å². The molecule has 2 amide bonds. The highest BCUT2D eigenvalue weighted by Gasteiger charge is 2.26. The van der Waals surface area contributed by atoms with Gasteiger partial charge in [-0.2, -0.15) is 0 Å². The van der Waals surface area contributed by atoms with Gasteiger partial charge in [0.05, 0.1) is 11.9 Å². The van der Waals surface area contributed by atoms with Crippen LogP contribution in [0.3, 0.4) is 0 Å². The third-order valence-corrected chi connectivity index (χ3v) is 6.72. The number of para-hydroxylation sites is 1. The minimum atomic E-state index is -3.49. The van der Waals surface area contributed by atoms with E-state index in [4.69, 9.17) is 0 Å². The number of rotatable bonds is 12. The summed E-state index contributed by atoms with van der Waals surface area (Å²) in [5.41, 5.74) is 2.62. The first-order valence-electron chi connectivity index (χ1n) is 11.6. The molecule has 34 heavy (non-hydrogen) atoms. The molecule has 0 bridgehead atoms. The number of amides is 2. The molecule has 0 saturated carbocycles. The Morgan fingerprint density at radius 1 is 0.971 bits per heavy atom. The summed E-state index contributed by atoms with van der Waals surface area (Å²) in [6.45, 7) is 8.78. The summed E-state index contributed by atoms with van der Waals surface area (Å²) in [6, 6.07) is 16.1. The second kappa shape index (κ2) is 12.6. The van der Waals surface area contributed by atoms with Crippen LogP contribution >= 0.6 is 0 Å². The fourth-order valence-electron chi connectivity index (χ4n) is 3.52. The van der Waals surface area contributed by atoms with Crippen molar-refractivity contribution in [3.8, 4) is 0 Å². The van der Waals surface area contributed by atoms with Gasteiger partial charge in [0.15, 0.2) is 0 Å². The normalized spacial score (nSPS) is 12.3. The van der Waals surface area contributed by atoms with Crippen LogP contribution in [0.4, 0.5) is 5.69 Å². The van der Waals surface area contributed by atoms with E-state index in [-0.39, 0.29) is 24.8 Å². The van der Waals surface area contributed by atoms with Crippen LogP contribution in [0.5, 0.6) is 0 Å². The van der Waals surface area contributed by atoms with E-state index < -0.39 is 16.1 Å². The summed E-state index contributed by atoms with van der Waals surface area (Å²) >= 11 is 0. The Balaban J connectivity index is 2.13. The summed E-state index contributed by atoms with van der Waals surface area (Å²) in [4.78, 5) is 27.6. The van der Waals surface area contributed by atoms with E-state index in [9.17, 15) is 18.0 Å². The Labute approximate surface area is 204 Å². The maximum absolute atomic E-state index is 13.2. The Morgan fingerprint density at radius 3 is 2.15 bits per heavy atom. The van der Waals surface area contributed by atoms with Crippen LogP contribution in [0, 0.1) is 12.8 Å². The van der Waals surface area contributed by atoms with Crippen molar-refractivity contribution in [2.45, 2.75) is 53.1 Å². The van der Waals surface area contributed by atoms with Crippen molar-refractivity contribution in [2.75, 3.05) is 23.7 Å². The van der Waals surface area contributed by atoms with Gasteiger partial charge in [0, 0.05) is 26.1 Å². The van der Waals surface area contributed by atoms with Gasteiger partial charge < -0.3 is 10.2 Å². The van der Waals surface area contributed by atoms with Crippen LogP contribution < -0.4 is 9.62 Å². The van der Waals surface area contributed by atoms with E-state index in [1.54, 1.807) is 36.1 Å². The monoisotopic (exact) mass is 487 g/mol. The molecule has 0 spiro atoms. The quantitative estimate of drug-likeness (QED) is 0.494. The number of nitrogens with one attached hydrogen (secondary N) is 1. The first-order chi connectivity index (χ1) is 16.0. The number of carbonyl (C=O) groups excluding carboxylic acids is 2. The molecule has 0 fully saturated rings. The number of hydrogen-bond acceptors (Lipinski definition) is 4. The second-order valence-corrected chi connectivity index (χ2v) is 11.0. The predicted octanol–water partition coefficient (Wildman–Crippen LogP) is 3.73. The van der Waals surface area contributed by atoms with Crippen LogP contribution in [0.2, 0.25) is 0 Å². The molecule has 0 saturated heterocycles. The minimum absolute atomic E-state index is 0.131. The van der Waals surface area contributed by atoms with E-state index in [0.717, 1.165) is 17.4 Å². The van der Waals surface area contributed by atoms with Gasteiger partial charge >= 0.3 is 0 Å². The van der Waals surface area contributed by atoms with Crippen LogP contribution in [0.1, 0.15) is 44.7 Å². The lowest BCUT2D eigenvalue weighted by Crippen LogP contribution is -2.48. The van der Waals surface area contributed by atoms with Gasteiger partial charge in [-0.1, -0.05) is 61.9 Å². The van der Waals surface area contributed by atoms with Gasteiger partial charge in [0.2, 0.25) is 21.8 Å². The van der Waals surface area contributed by atoms with E-state index in [1.807, 2.05) is 51.1 Å². The SMILES string of the molecule is Cc1ccc(CN(C(=O)CCCN(c2ccccc2)S(C)(=O)=O)C(C)C(=O)NCC(C)C)cc1. The van der Waals surface area contributed by atoms with Gasteiger partial charge in [-0.25, -0.2) is 8.42 Å². The van der Waals surface area contributed by atoms with Gasteiger partial charge in [-0.3, -0.25) is 13.9 Å². The smallest absolute Gasteiger partial charge is 0.242 e. The first-order valence-corrected chi connectivity index (χ1v) is 13.5. The van der Waals surface area contributed by atoms with Crippen molar-refractivity contribution >= 4 is 27.5 Å². The predicted molar refractivity (Wildman–Crippen MR) is 137 cm³/mol. The third kappa shape index (κ3) is 8.48. The van der Waals surface area contributed by atoms with Gasteiger partial charge in [0.25, 0.3) is 0 Å². The average molecular weight is 488 g/mol. The van der Waals surface area contributed by atoms with Crippen molar-refractivity contribution in [2.24, 2.45) is 5.92 Å². The zero-order valence-corrected chi connectivity index (χ0v) is 21.6. The maximum Gasteiger partial charge on any atom is 0.242 e. The third-order valence-electron chi connectivity index (χ3n) is 5.52. The molecule has 8 heteroatoms. The molecule has 1 atom stereocenters. The Kier molecular flexibility index (Phi) is 10.1. The number of nitrogens with zero attached hydrogens (tertiary/aromatic N) is 2. The zero-order valence-electron chi connectivity index (χ0n) is 20.8. The molecule has 0 aliphatic heterocycles. The summed E-state index contributed by atoms with van der Waals surface area (Å²) in [5.74, 6) is -0.0807. The van der Waals surface area contributed by atoms with Gasteiger partial charge in [-0.15, -0.1) is 0 Å². The summed E-state index contributed by atoms with van der Waals surface area (Å²) in [5, 5.41) is 2.91. The number of anilines is 1. The molecule has 2 aromatic carbocycles. The highest BCUT2D eigenvalue weighted by Crippen LogP contribution is 2.18. The van der Waals surface area contributed by atoms with Crippen LogP contribution in [0.15, 0.2) is 54.6 Å². The van der Waals surface area contributed by atoms with E-state index in [1.165, 1.54) is 4.31 Å². The second-order valence-electron chi connectivity index (χ2n) is 9.10. The lowest BCUT2D eigenvalue weighted by molar-refractivity contribution is -0.140. The zero-order chi connectivity index (χ0) is 25.3. The standard InChI is InChI=1S/C26H37N3O4S/c1-20(2)18-27-26(31)22(4)28(19-23-15-13-21(3)14-16-23)25(30)12-9-17-29(34(5,32)33)24-10-7-6-8-11-24/h6-8,10-11,13-16,20,22H,9,12,17-19H2,1-5H3,(H,27,31). The van der Waals surface area contributed by atoms with Gasteiger partial charge in [0.1, 0.15) is 6.04 Å². The largest absolute Gasteiger partial charge is 0.354 e. The Morgan fingerprint density at radius 2 is 1.59 bits per heavy atom. The van der Waals surface area contributed by atoms with Gasteiger partial charge in [-0.05, 0) is 43.9 Å². The molecule has 1 N–H and O–H groups in total. The molecule has 1 unspecified atom stereocenters. The molecule has 186 valence electrons. The maximum atomic E-state index is 13.2. The highest BCUT2D eigenvalue weighted by molar-refractivity contribution is 7.92. The van der Waals surface area contributed by atoms with Crippen molar-refractivity contribution in [3.63, 3.8) is 0 Å². The molecule has 2 rings (SSSR count). The van der Waals surface area contributed by atoms with E-state index in [2.05, 4.69) is 5.32 Å². The van der Waals surface area contributed by atoms with Crippen LogP contribution in [0.25, 0.3) is 0 Å². The number of sulfonamides is 1. The molecular formula is C26H37N3O4S. The number of hydrogen-bond donors (Lipinski definition) is 1. The van der Waals surface area contributed by atoms with Crippen LogP contribution in [-0.4, -0.2) is 50.5 Å². The lowest BCUT2D eigenvalue weighted by atomic mass is 10.1. The Hall–Kier alpha value is -2.87. The fraction of sp³-hybridized carbons (Fsp3) is 0.462. The molecule has 7 nitrogen and oxygen atoms in total. The number of aryl methyl sites for hydroxylation is 1. The van der Waals surface area contributed by atoms with Crippen molar-refractivity contribution in [1.29, 1.82) is 0 Å². The highest BCUT2D eigenvalue weighted by atomic mass is 32.2. The summed E-state index contributed by atoms with van der Waals surface area (Å²) < 4.78 is 25.9. The molecule has 0 heterocycles. The average Bonchev–Trinajstić information content (AvgIpc) is 2.79. The summed E-state index contributed by atoms with van der Waals surface area (Å²) in [7, 11) is -3.49. The Bertz CT molecular complexity index is 1040. The van der Waals surface area contributed by atoms with E-state index in [0.29, 0.717) is 31.1 Å². The minimum Gasteiger partial charge on any atom is -0.354 e. The van der Waals surface area contributed by atoms with Crippen LogP contribution in [-0.2, 0) is 26.2 Å².